The molecule has 0 unspecified atom stereocenters. The summed E-state index contributed by atoms with van der Waals surface area (Å²) in [6.45, 7) is 2.24. The molecule has 1 aromatic rings. The normalized spacial score (nSPS) is 13.4. The third kappa shape index (κ3) is 2.58. The topological polar surface area (TPSA) is 38.3 Å². The number of rotatable bonds is 3. The molecular weight excluding hydrogens is 222 g/mol. The fourth-order valence-electron chi connectivity index (χ4n) is 1.46. The Balaban J connectivity index is 2.01. The summed E-state index contributed by atoms with van der Waals surface area (Å²) in [5.41, 5.74) is 1.94. The van der Waals surface area contributed by atoms with Gasteiger partial charge in [-0.2, -0.15) is 0 Å². The van der Waals surface area contributed by atoms with Crippen LogP contribution in [0.4, 0.5) is 5.69 Å². The molecule has 0 saturated carbocycles. The summed E-state index contributed by atoms with van der Waals surface area (Å²) in [6.07, 6.45) is 0.301. The molecule has 16 heavy (non-hydrogen) atoms. The molecule has 4 heteroatoms. The molecule has 0 spiro atoms. The SMILES string of the molecule is CCOC(=O)CC1=CSc2ccccc2N1. The number of hydrogen-bond donors (Lipinski definition) is 1. The Morgan fingerprint density at radius 2 is 2.25 bits per heavy atom. The molecule has 84 valence electrons. The number of carbonyl (C=O) groups excluding carboxylic acids is 1. The van der Waals surface area contributed by atoms with Gasteiger partial charge in [-0.15, -0.1) is 0 Å². The summed E-state index contributed by atoms with van der Waals surface area (Å²) >= 11 is 1.62. The molecule has 2 rings (SSSR count). The quantitative estimate of drug-likeness (QED) is 0.817. The second-order valence-corrected chi connectivity index (χ2v) is 4.28. The van der Waals surface area contributed by atoms with Gasteiger partial charge in [-0.05, 0) is 24.5 Å². The first kappa shape index (κ1) is 11.1. The number of esters is 1. The lowest BCUT2D eigenvalue weighted by molar-refractivity contribution is -0.142. The van der Waals surface area contributed by atoms with Crippen LogP contribution >= 0.6 is 11.8 Å². The number of carbonyl (C=O) groups is 1. The highest BCUT2D eigenvalue weighted by atomic mass is 32.2. The van der Waals surface area contributed by atoms with Gasteiger partial charge in [-0.3, -0.25) is 4.79 Å². The fraction of sp³-hybridized carbons (Fsp3) is 0.250. The third-order valence-corrected chi connectivity index (χ3v) is 3.16. The van der Waals surface area contributed by atoms with Gasteiger partial charge in [0, 0.05) is 10.6 Å². The summed E-state index contributed by atoms with van der Waals surface area (Å²) in [4.78, 5) is 12.5. The zero-order chi connectivity index (χ0) is 11.4. The molecule has 0 atom stereocenters. The Hall–Kier alpha value is -1.42. The van der Waals surface area contributed by atoms with Crippen LogP contribution in [0.1, 0.15) is 13.3 Å². The van der Waals surface area contributed by atoms with Crippen molar-refractivity contribution >= 4 is 23.4 Å². The highest BCUT2D eigenvalue weighted by molar-refractivity contribution is 8.02. The number of para-hydroxylation sites is 1. The van der Waals surface area contributed by atoms with Crippen LogP contribution in [-0.4, -0.2) is 12.6 Å². The smallest absolute Gasteiger partial charge is 0.311 e. The number of benzene rings is 1. The molecule has 0 amide bonds. The van der Waals surface area contributed by atoms with Gasteiger partial charge in [0.15, 0.2) is 0 Å². The first-order chi connectivity index (χ1) is 7.79. The highest BCUT2D eigenvalue weighted by Crippen LogP contribution is 2.34. The van der Waals surface area contributed by atoms with Crippen molar-refractivity contribution < 1.29 is 9.53 Å². The number of nitrogens with one attached hydrogen (secondary N) is 1. The average molecular weight is 235 g/mol. The van der Waals surface area contributed by atoms with Gasteiger partial charge in [0.25, 0.3) is 0 Å². The summed E-state index contributed by atoms with van der Waals surface area (Å²) in [5, 5.41) is 5.18. The lowest BCUT2D eigenvalue weighted by Gasteiger charge is -2.17. The van der Waals surface area contributed by atoms with Crippen molar-refractivity contribution in [3.05, 3.63) is 35.4 Å². The predicted octanol–water partition coefficient (Wildman–Crippen LogP) is 3.00. The first-order valence-electron chi connectivity index (χ1n) is 5.17. The molecule has 0 bridgehead atoms. The lowest BCUT2D eigenvalue weighted by Crippen LogP contribution is -2.11. The van der Waals surface area contributed by atoms with E-state index in [0.717, 1.165) is 11.4 Å². The van der Waals surface area contributed by atoms with Gasteiger partial charge in [-0.25, -0.2) is 0 Å². The molecule has 0 saturated heterocycles. The summed E-state index contributed by atoms with van der Waals surface area (Å²) in [5.74, 6) is -0.193. The molecule has 0 aromatic heterocycles. The Kier molecular flexibility index (Phi) is 3.51. The standard InChI is InChI=1S/C12H13NO2S/c1-2-15-12(14)7-9-8-16-11-6-4-3-5-10(11)13-9/h3-6,8,13H,2,7H2,1H3. The van der Waals surface area contributed by atoms with E-state index in [-0.39, 0.29) is 5.97 Å². The van der Waals surface area contributed by atoms with Gasteiger partial charge in [0.05, 0.1) is 18.7 Å². The van der Waals surface area contributed by atoms with Gasteiger partial charge >= 0.3 is 5.97 Å². The Bertz CT molecular complexity index is 429. The minimum Gasteiger partial charge on any atom is -0.466 e. The molecule has 1 heterocycles. The van der Waals surface area contributed by atoms with E-state index in [2.05, 4.69) is 5.32 Å². The Morgan fingerprint density at radius 1 is 1.44 bits per heavy atom. The van der Waals surface area contributed by atoms with Crippen molar-refractivity contribution in [1.82, 2.24) is 0 Å². The van der Waals surface area contributed by atoms with E-state index in [1.807, 2.05) is 36.6 Å². The van der Waals surface area contributed by atoms with E-state index in [0.29, 0.717) is 13.0 Å². The van der Waals surface area contributed by atoms with Crippen molar-refractivity contribution in [3.8, 4) is 0 Å². The summed E-state index contributed by atoms with van der Waals surface area (Å²) in [7, 11) is 0. The largest absolute Gasteiger partial charge is 0.466 e. The summed E-state index contributed by atoms with van der Waals surface area (Å²) in [6, 6.07) is 8.02. The van der Waals surface area contributed by atoms with E-state index in [1.54, 1.807) is 11.8 Å². The zero-order valence-corrected chi connectivity index (χ0v) is 9.84. The Labute approximate surface area is 98.9 Å². The highest BCUT2D eigenvalue weighted by Gasteiger charge is 2.13. The maximum atomic E-state index is 11.3. The maximum Gasteiger partial charge on any atom is 0.311 e. The predicted molar refractivity (Wildman–Crippen MR) is 65.3 cm³/mol. The van der Waals surface area contributed by atoms with E-state index < -0.39 is 0 Å². The molecule has 1 aliphatic rings. The molecule has 0 fully saturated rings. The van der Waals surface area contributed by atoms with Crippen LogP contribution in [0.25, 0.3) is 0 Å². The minimum atomic E-state index is -0.193. The molecule has 3 nitrogen and oxygen atoms in total. The van der Waals surface area contributed by atoms with Crippen LogP contribution in [-0.2, 0) is 9.53 Å². The van der Waals surface area contributed by atoms with Crippen LogP contribution in [0, 0.1) is 0 Å². The second kappa shape index (κ2) is 5.07. The number of anilines is 1. The van der Waals surface area contributed by atoms with Crippen LogP contribution in [0.2, 0.25) is 0 Å². The summed E-state index contributed by atoms with van der Waals surface area (Å²) < 4.78 is 4.90. The minimum absolute atomic E-state index is 0.193. The first-order valence-corrected chi connectivity index (χ1v) is 6.05. The number of ether oxygens (including phenoxy) is 1. The van der Waals surface area contributed by atoms with E-state index >= 15 is 0 Å². The molecule has 1 aromatic carbocycles. The number of hydrogen-bond acceptors (Lipinski definition) is 4. The van der Waals surface area contributed by atoms with Crippen LogP contribution in [0.5, 0.6) is 0 Å². The van der Waals surface area contributed by atoms with E-state index in [9.17, 15) is 4.79 Å². The molecular formula is C12H13NO2S. The van der Waals surface area contributed by atoms with Gasteiger partial charge in [-0.1, -0.05) is 23.9 Å². The zero-order valence-electron chi connectivity index (χ0n) is 9.03. The number of thioether (sulfide) groups is 1. The molecule has 1 N–H and O–H groups in total. The molecule has 0 radical (unpaired) electrons. The molecule has 1 aliphatic heterocycles. The van der Waals surface area contributed by atoms with E-state index in [4.69, 9.17) is 4.74 Å². The van der Waals surface area contributed by atoms with Gasteiger partial charge in [0.1, 0.15) is 0 Å². The monoisotopic (exact) mass is 235 g/mol. The lowest BCUT2D eigenvalue weighted by atomic mass is 10.2. The molecule has 0 aliphatic carbocycles. The average Bonchev–Trinajstić information content (AvgIpc) is 2.29. The van der Waals surface area contributed by atoms with Crippen LogP contribution in [0.15, 0.2) is 40.3 Å². The number of fused-ring (bicyclic) bond motifs is 1. The van der Waals surface area contributed by atoms with Gasteiger partial charge in [0.2, 0.25) is 0 Å². The van der Waals surface area contributed by atoms with Crippen molar-refractivity contribution in [3.63, 3.8) is 0 Å². The van der Waals surface area contributed by atoms with Gasteiger partial charge < -0.3 is 10.1 Å². The van der Waals surface area contributed by atoms with E-state index in [1.165, 1.54) is 4.90 Å². The van der Waals surface area contributed by atoms with Crippen LogP contribution in [0.3, 0.4) is 0 Å². The van der Waals surface area contributed by atoms with Crippen molar-refractivity contribution in [1.29, 1.82) is 0 Å². The van der Waals surface area contributed by atoms with Crippen molar-refractivity contribution in [2.75, 3.05) is 11.9 Å². The maximum absolute atomic E-state index is 11.3. The Morgan fingerprint density at radius 3 is 3.06 bits per heavy atom. The van der Waals surface area contributed by atoms with Crippen molar-refractivity contribution in [2.24, 2.45) is 0 Å². The fourth-order valence-corrected chi connectivity index (χ4v) is 2.28. The second-order valence-electron chi connectivity index (χ2n) is 3.36. The van der Waals surface area contributed by atoms with Crippen molar-refractivity contribution in [2.45, 2.75) is 18.2 Å². The van der Waals surface area contributed by atoms with Crippen LogP contribution < -0.4 is 5.32 Å². The third-order valence-electron chi connectivity index (χ3n) is 2.15.